The molecule has 24 heavy (non-hydrogen) atoms. The number of esters is 1. The third-order valence-electron chi connectivity index (χ3n) is 3.04. The van der Waals surface area contributed by atoms with Crippen molar-refractivity contribution in [1.82, 2.24) is 5.32 Å². The van der Waals surface area contributed by atoms with Gasteiger partial charge in [-0.15, -0.1) is 0 Å². The number of benzene rings is 1. The van der Waals surface area contributed by atoms with Gasteiger partial charge in [-0.1, -0.05) is 11.6 Å². The summed E-state index contributed by atoms with van der Waals surface area (Å²) in [7, 11) is 0. The summed E-state index contributed by atoms with van der Waals surface area (Å²) < 4.78 is 15.3. The number of furan rings is 1. The Morgan fingerprint density at radius 3 is 2.58 bits per heavy atom. The summed E-state index contributed by atoms with van der Waals surface area (Å²) >= 11 is 5.85. The quantitative estimate of drug-likeness (QED) is 0.740. The summed E-state index contributed by atoms with van der Waals surface area (Å²) in [6.45, 7) is 1.87. The first kappa shape index (κ1) is 18.0. The van der Waals surface area contributed by atoms with Crippen LogP contribution < -0.4 is 5.32 Å². The fourth-order valence-electron chi connectivity index (χ4n) is 1.85. The Labute approximate surface area is 144 Å². The normalized spacial score (nSPS) is 10.4. The van der Waals surface area contributed by atoms with Gasteiger partial charge in [0.05, 0.1) is 6.54 Å². The predicted octanol–water partition coefficient (Wildman–Crippen LogP) is 2.80. The number of rotatable bonds is 8. The summed E-state index contributed by atoms with van der Waals surface area (Å²) in [5, 5.41) is 3.26. The highest BCUT2D eigenvalue weighted by Crippen LogP contribution is 2.23. The van der Waals surface area contributed by atoms with Crippen molar-refractivity contribution in [3.8, 4) is 11.3 Å². The molecule has 0 spiro atoms. The van der Waals surface area contributed by atoms with Crippen molar-refractivity contribution < 1.29 is 23.5 Å². The van der Waals surface area contributed by atoms with Gasteiger partial charge in [-0.05, 0) is 43.3 Å². The minimum absolute atomic E-state index is 0.160. The molecule has 0 unspecified atom stereocenters. The molecule has 128 valence electrons. The van der Waals surface area contributed by atoms with Crippen molar-refractivity contribution in [2.24, 2.45) is 0 Å². The maximum Gasteiger partial charge on any atom is 0.332 e. The lowest BCUT2D eigenvalue weighted by molar-refractivity contribution is -0.152. The Morgan fingerprint density at radius 1 is 1.12 bits per heavy atom. The van der Waals surface area contributed by atoms with Crippen LogP contribution in [0, 0.1) is 0 Å². The molecule has 7 heteroatoms. The van der Waals surface area contributed by atoms with E-state index < -0.39 is 11.9 Å². The molecule has 0 aliphatic carbocycles. The highest BCUT2D eigenvalue weighted by atomic mass is 35.5. The van der Waals surface area contributed by atoms with Crippen LogP contribution in [-0.2, 0) is 25.6 Å². The molecule has 1 aromatic carbocycles. The molecular formula is C17H18ClNO5. The molecule has 0 saturated heterocycles. The third kappa shape index (κ3) is 5.72. The predicted molar refractivity (Wildman–Crippen MR) is 88.5 cm³/mol. The Hall–Kier alpha value is -2.31. The van der Waals surface area contributed by atoms with Crippen LogP contribution in [0.25, 0.3) is 11.3 Å². The summed E-state index contributed by atoms with van der Waals surface area (Å²) in [5.74, 6) is 0.285. The van der Waals surface area contributed by atoms with E-state index in [1.807, 2.05) is 18.2 Å². The molecule has 0 radical (unpaired) electrons. The Morgan fingerprint density at radius 2 is 1.88 bits per heavy atom. The summed E-state index contributed by atoms with van der Waals surface area (Å²) in [4.78, 5) is 22.8. The van der Waals surface area contributed by atoms with Crippen LogP contribution >= 0.6 is 11.6 Å². The van der Waals surface area contributed by atoms with Gasteiger partial charge in [-0.2, -0.15) is 0 Å². The van der Waals surface area contributed by atoms with Gasteiger partial charge >= 0.3 is 5.97 Å². The Balaban J connectivity index is 1.77. The van der Waals surface area contributed by atoms with Crippen LogP contribution in [-0.4, -0.2) is 31.7 Å². The highest BCUT2D eigenvalue weighted by molar-refractivity contribution is 6.30. The zero-order valence-electron chi connectivity index (χ0n) is 13.2. The van der Waals surface area contributed by atoms with Crippen LogP contribution in [0.2, 0.25) is 5.02 Å². The van der Waals surface area contributed by atoms with Crippen molar-refractivity contribution >= 4 is 23.5 Å². The van der Waals surface area contributed by atoms with E-state index in [0.717, 1.165) is 5.56 Å². The number of carbonyl (C=O) groups is 2. The van der Waals surface area contributed by atoms with Crippen LogP contribution in [0.1, 0.15) is 12.7 Å². The molecule has 1 heterocycles. The Bertz CT molecular complexity index is 681. The third-order valence-corrected chi connectivity index (χ3v) is 3.29. The first-order valence-corrected chi connectivity index (χ1v) is 7.81. The summed E-state index contributed by atoms with van der Waals surface area (Å²) in [6, 6.07) is 10.8. The molecular weight excluding hydrogens is 334 g/mol. The van der Waals surface area contributed by atoms with Gasteiger partial charge in [0.25, 0.3) is 5.91 Å². The topological polar surface area (TPSA) is 77.8 Å². The van der Waals surface area contributed by atoms with E-state index in [9.17, 15) is 9.59 Å². The maximum absolute atomic E-state index is 11.6. The second-order valence-electron chi connectivity index (χ2n) is 4.85. The van der Waals surface area contributed by atoms with Gasteiger partial charge in [0, 0.05) is 17.2 Å². The molecule has 0 aliphatic heterocycles. The van der Waals surface area contributed by atoms with E-state index in [0.29, 0.717) is 23.2 Å². The van der Waals surface area contributed by atoms with Gasteiger partial charge in [-0.3, -0.25) is 4.79 Å². The first-order chi connectivity index (χ1) is 11.6. The van der Waals surface area contributed by atoms with Crippen LogP contribution in [0.5, 0.6) is 0 Å². The number of hydrogen-bond acceptors (Lipinski definition) is 5. The summed E-state index contributed by atoms with van der Waals surface area (Å²) in [6.07, 6.45) is 0. The molecule has 0 fully saturated rings. The SMILES string of the molecule is CCOCC(=O)OCC(=O)NCc1ccc(-c2ccc(Cl)cc2)o1. The number of hydrogen-bond donors (Lipinski definition) is 1. The van der Waals surface area contributed by atoms with Crippen LogP contribution in [0.15, 0.2) is 40.8 Å². The van der Waals surface area contributed by atoms with Crippen molar-refractivity contribution in [2.45, 2.75) is 13.5 Å². The van der Waals surface area contributed by atoms with Gasteiger partial charge in [0.1, 0.15) is 18.1 Å². The van der Waals surface area contributed by atoms with E-state index in [1.54, 1.807) is 25.1 Å². The molecule has 6 nitrogen and oxygen atoms in total. The maximum atomic E-state index is 11.6. The van der Waals surface area contributed by atoms with Crippen LogP contribution in [0.4, 0.5) is 0 Å². The molecule has 1 amide bonds. The molecule has 1 N–H and O–H groups in total. The molecule has 2 rings (SSSR count). The number of ether oxygens (including phenoxy) is 2. The van der Waals surface area contributed by atoms with Crippen molar-refractivity contribution in [3.63, 3.8) is 0 Å². The van der Waals surface area contributed by atoms with Crippen molar-refractivity contribution in [3.05, 3.63) is 47.2 Å². The minimum atomic E-state index is -0.574. The number of halogens is 1. The van der Waals surface area contributed by atoms with E-state index >= 15 is 0 Å². The van der Waals surface area contributed by atoms with Gasteiger partial charge in [0.2, 0.25) is 0 Å². The molecule has 0 bridgehead atoms. The van der Waals surface area contributed by atoms with Crippen molar-refractivity contribution in [2.75, 3.05) is 19.8 Å². The lowest BCUT2D eigenvalue weighted by Crippen LogP contribution is -2.29. The van der Waals surface area contributed by atoms with E-state index in [2.05, 4.69) is 5.32 Å². The smallest absolute Gasteiger partial charge is 0.332 e. The van der Waals surface area contributed by atoms with Crippen LogP contribution in [0.3, 0.4) is 0 Å². The average molecular weight is 352 g/mol. The van der Waals surface area contributed by atoms with Crippen molar-refractivity contribution in [1.29, 1.82) is 0 Å². The first-order valence-electron chi connectivity index (χ1n) is 7.43. The molecule has 0 aliphatic rings. The average Bonchev–Trinajstić information content (AvgIpc) is 3.06. The van der Waals surface area contributed by atoms with Gasteiger partial charge in [0.15, 0.2) is 6.61 Å². The van der Waals surface area contributed by atoms with Gasteiger partial charge < -0.3 is 19.2 Å². The number of amides is 1. The Kier molecular flexibility index (Phi) is 6.84. The molecule has 0 atom stereocenters. The zero-order valence-corrected chi connectivity index (χ0v) is 14.0. The molecule has 2 aromatic rings. The second-order valence-corrected chi connectivity index (χ2v) is 5.28. The lowest BCUT2D eigenvalue weighted by atomic mass is 10.2. The standard InChI is InChI=1S/C17H18ClNO5/c1-2-22-11-17(21)23-10-16(20)19-9-14-7-8-15(24-14)12-3-5-13(18)6-4-12/h3-8H,2,9-11H2,1H3,(H,19,20). The minimum Gasteiger partial charge on any atom is -0.459 e. The summed E-state index contributed by atoms with van der Waals surface area (Å²) in [5.41, 5.74) is 0.891. The van der Waals surface area contributed by atoms with E-state index in [-0.39, 0.29) is 19.8 Å². The fraction of sp³-hybridized carbons (Fsp3) is 0.294. The zero-order chi connectivity index (χ0) is 17.4. The van der Waals surface area contributed by atoms with E-state index in [1.165, 1.54) is 0 Å². The number of carbonyl (C=O) groups excluding carboxylic acids is 2. The molecule has 0 saturated carbocycles. The monoisotopic (exact) mass is 351 g/mol. The number of nitrogens with one attached hydrogen (secondary N) is 1. The largest absolute Gasteiger partial charge is 0.459 e. The molecule has 1 aromatic heterocycles. The lowest BCUT2D eigenvalue weighted by Gasteiger charge is -2.05. The van der Waals surface area contributed by atoms with E-state index in [4.69, 9.17) is 25.5 Å². The highest BCUT2D eigenvalue weighted by Gasteiger charge is 2.09. The second kappa shape index (κ2) is 9.10. The van der Waals surface area contributed by atoms with Gasteiger partial charge in [-0.25, -0.2) is 4.79 Å². The fourth-order valence-corrected chi connectivity index (χ4v) is 1.98.